The fourth-order valence-electron chi connectivity index (χ4n) is 5.68. The minimum Gasteiger partial charge on any atom is -0.395 e. The van der Waals surface area contributed by atoms with Crippen LogP contribution in [0.2, 0.25) is 0 Å². The van der Waals surface area contributed by atoms with Crippen LogP contribution in [0.4, 0.5) is 0 Å². The highest BCUT2D eigenvalue weighted by atomic mass is 16.7. The second kappa shape index (κ2) is 15.6. The lowest BCUT2D eigenvalue weighted by Crippen LogP contribution is -2.69. The molecule has 3 rings (SSSR count). The zero-order valence-electron chi connectivity index (χ0n) is 23.8. The highest BCUT2D eigenvalue weighted by Crippen LogP contribution is 2.32. The molecule has 0 radical (unpaired) electrons. The quantitative estimate of drug-likeness (QED) is 0.0888. The van der Waals surface area contributed by atoms with Gasteiger partial charge in [-0.1, -0.05) is 0 Å². The molecular weight excluding hydrogens is 544 g/mol. The third kappa shape index (κ3) is 8.73. The van der Waals surface area contributed by atoms with Gasteiger partial charge in [0, 0.05) is 19.1 Å². The molecule has 0 bridgehead atoms. The molecule has 3 aliphatic rings. The lowest BCUT2D eigenvalue weighted by atomic mass is 9.83. The van der Waals surface area contributed by atoms with Crippen LogP contribution < -0.4 is 33.2 Å². The van der Waals surface area contributed by atoms with E-state index in [-0.39, 0.29) is 38.7 Å². The SMILES string of the molecule is CNC1[C@@H](O)[C@@H](O[C@@H]2[C@H](O)[C@H](O[C@H]3O[C@H](CNCCO)CC[C@H]3N)[C@@H](N)C[C@H]2NC(=O)[C@@H](O)CCN)OC[C@]1(C)O. The number of rotatable bonds is 13. The van der Waals surface area contributed by atoms with Crippen molar-refractivity contribution in [1.29, 1.82) is 0 Å². The number of aliphatic hydroxyl groups is 5. The number of carbonyl (C=O) groups excluding carboxylic acids is 1. The molecule has 0 spiro atoms. The van der Waals surface area contributed by atoms with E-state index in [2.05, 4.69) is 16.0 Å². The Morgan fingerprint density at radius 2 is 1.83 bits per heavy atom. The molecule has 14 N–H and O–H groups in total. The van der Waals surface area contributed by atoms with E-state index >= 15 is 0 Å². The summed E-state index contributed by atoms with van der Waals surface area (Å²) < 4.78 is 23.9. The predicted octanol–water partition coefficient (Wildman–Crippen LogP) is -5.49. The second-order valence-electron chi connectivity index (χ2n) is 11.4. The largest absolute Gasteiger partial charge is 0.395 e. The van der Waals surface area contributed by atoms with Crippen LogP contribution in [-0.4, -0.2) is 150 Å². The molecule has 16 nitrogen and oxygen atoms in total. The van der Waals surface area contributed by atoms with Gasteiger partial charge in [0.15, 0.2) is 12.6 Å². The molecule has 240 valence electrons. The summed E-state index contributed by atoms with van der Waals surface area (Å²) in [5.74, 6) is -0.718. The fraction of sp³-hybridized carbons (Fsp3) is 0.960. The van der Waals surface area contributed by atoms with Gasteiger partial charge in [-0.25, -0.2) is 0 Å². The number of ether oxygens (including phenoxy) is 4. The minimum atomic E-state index is -1.44. The van der Waals surface area contributed by atoms with Crippen LogP contribution in [0.25, 0.3) is 0 Å². The van der Waals surface area contributed by atoms with Crippen LogP contribution in [0.3, 0.4) is 0 Å². The number of aliphatic hydroxyl groups excluding tert-OH is 4. The van der Waals surface area contributed by atoms with E-state index in [0.717, 1.165) is 0 Å². The second-order valence-corrected chi connectivity index (χ2v) is 11.4. The summed E-state index contributed by atoms with van der Waals surface area (Å²) in [6.45, 7) is 2.30. The third-order valence-corrected chi connectivity index (χ3v) is 7.97. The molecule has 1 amide bonds. The van der Waals surface area contributed by atoms with Crippen molar-refractivity contribution >= 4 is 5.91 Å². The Hall–Kier alpha value is -1.09. The van der Waals surface area contributed by atoms with Crippen LogP contribution in [0.5, 0.6) is 0 Å². The standard InChI is InChI=1S/C25H50N6O10/c1-25(37)11-38-24(18(35)21(25)29-2)41-20-15(31-22(36)16(33)5-6-26)9-14(28)19(17(20)34)40-23-13(27)4-3-12(39-23)10-30-7-8-32/h12-21,23-24,29-30,32-35,37H,3-11,26-28H2,1-2H3,(H,31,36)/t12-,13+,14-,15+,16-,17+,18+,19+,20-,21?,23+,24+,25-/m0/s1. The molecular formula is C25H50N6O10. The van der Waals surface area contributed by atoms with Gasteiger partial charge < -0.3 is 77.6 Å². The Bertz CT molecular complexity index is 815. The molecule has 16 heteroatoms. The highest BCUT2D eigenvalue weighted by Gasteiger charge is 2.52. The van der Waals surface area contributed by atoms with E-state index < -0.39 is 78.8 Å². The van der Waals surface area contributed by atoms with Crippen LogP contribution in [-0.2, 0) is 23.7 Å². The molecule has 13 atom stereocenters. The Morgan fingerprint density at radius 3 is 2.49 bits per heavy atom. The van der Waals surface area contributed by atoms with Crippen LogP contribution in [0.1, 0.15) is 32.6 Å². The monoisotopic (exact) mass is 594 g/mol. The Morgan fingerprint density at radius 1 is 1.12 bits per heavy atom. The van der Waals surface area contributed by atoms with E-state index in [1.165, 1.54) is 6.92 Å². The first-order chi connectivity index (χ1) is 19.4. The van der Waals surface area contributed by atoms with Gasteiger partial charge in [-0.05, 0) is 46.2 Å². The maximum absolute atomic E-state index is 12.7. The Kier molecular flexibility index (Phi) is 13.1. The molecule has 1 saturated carbocycles. The van der Waals surface area contributed by atoms with Crippen molar-refractivity contribution in [2.24, 2.45) is 17.2 Å². The van der Waals surface area contributed by atoms with Crippen molar-refractivity contribution in [3.8, 4) is 0 Å². The maximum Gasteiger partial charge on any atom is 0.249 e. The summed E-state index contributed by atoms with van der Waals surface area (Å²) in [6, 6.07) is -3.01. The number of hydrogen-bond acceptors (Lipinski definition) is 15. The Balaban J connectivity index is 1.78. The zero-order chi connectivity index (χ0) is 30.3. The topological polar surface area (TPSA) is 269 Å². The minimum absolute atomic E-state index is 0.0103. The number of amides is 1. The number of carbonyl (C=O) groups is 1. The average Bonchev–Trinajstić information content (AvgIpc) is 2.91. The van der Waals surface area contributed by atoms with E-state index in [4.69, 9.17) is 41.3 Å². The summed E-state index contributed by atoms with van der Waals surface area (Å²) in [7, 11) is 1.57. The van der Waals surface area contributed by atoms with E-state index in [9.17, 15) is 25.2 Å². The Labute approximate surface area is 240 Å². The fourth-order valence-corrected chi connectivity index (χ4v) is 5.68. The molecule has 0 aromatic heterocycles. The summed E-state index contributed by atoms with van der Waals surface area (Å²) in [5.41, 5.74) is 16.8. The first-order valence-corrected chi connectivity index (χ1v) is 14.3. The molecule has 41 heavy (non-hydrogen) atoms. The number of likely N-dealkylation sites (N-methyl/N-ethyl adjacent to an activating group) is 1. The van der Waals surface area contributed by atoms with Crippen molar-refractivity contribution < 1.29 is 49.3 Å². The van der Waals surface area contributed by atoms with Crippen molar-refractivity contribution in [3.63, 3.8) is 0 Å². The van der Waals surface area contributed by atoms with Crippen molar-refractivity contribution in [2.45, 2.75) is 112 Å². The molecule has 3 fully saturated rings. The summed E-state index contributed by atoms with van der Waals surface area (Å²) >= 11 is 0. The molecule has 0 aromatic rings. The van der Waals surface area contributed by atoms with Crippen LogP contribution >= 0.6 is 0 Å². The van der Waals surface area contributed by atoms with E-state index in [0.29, 0.717) is 25.9 Å². The summed E-state index contributed by atoms with van der Waals surface area (Å²) in [5, 5.41) is 60.9. The summed E-state index contributed by atoms with van der Waals surface area (Å²) in [4.78, 5) is 12.7. The molecule has 1 unspecified atom stereocenters. The van der Waals surface area contributed by atoms with Gasteiger partial charge in [-0.2, -0.15) is 0 Å². The van der Waals surface area contributed by atoms with Gasteiger partial charge in [0.1, 0.15) is 36.1 Å². The molecule has 0 aromatic carbocycles. The third-order valence-electron chi connectivity index (χ3n) is 7.97. The highest BCUT2D eigenvalue weighted by molar-refractivity contribution is 5.80. The van der Waals surface area contributed by atoms with Gasteiger partial charge >= 0.3 is 0 Å². The predicted molar refractivity (Wildman–Crippen MR) is 145 cm³/mol. The normalized spacial score (nSPS) is 42.5. The molecule has 2 heterocycles. The van der Waals surface area contributed by atoms with Gasteiger partial charge in [0.05, 0.1) is 37.4 Å². The number of nitrogens with one attached hydrogen (secondary N) is 3. The lowest BCUT2D eigenvalue weighted by molar-refractivity contribution is -0.307. The van der Waals surface area contributed by atoms with Gasteiger partial charge in [-0.15, -0.1) is 0 Å². The number of nitrogens with two attached hydrogens (primary N) is 3. The van der Waals surface area contributed by atoms with Crippen molar-refractivity contribution in [3.05, 3.63) is 0 Å². The van der Waals surface area contributed by atoms with Gasteiger partial charge in [-0.3, -0.25) is 4.79 Å². The number of hydrogen-bond donors (Lipinski definition) is 11. The average molecular weight is 595 g/mol. The maximum atomic E-state index is 12.7. The van der Waals surface area contributed by atoms with Crippen LogP contribution in [0.15, 0.2) is 0 Å². The van der Waals surface area contributed by atoms with Gasteiger partial charge in [0.25, 0.3) is 0 Å². The lowest BCUT2D eigenvalue weighted by Gasteiger charge is -2.49. The molecule has 2 saturated heterocycles. The molecule has 2 aliphatic heterocycles. The van der Waals surface area contributed by atoms with Gasteiger partial charge in [0.2, 0.25) is 5.91 Å². The smallest absolute Gasteiger partial charge is 0.249 e. The van der Waals surface area contributed by atoms with Crippen molar-refractivity contribution in [2.75, 3.05) is 39.9 Å². The zero-order valence-corrected chi connectivity index (χ0v) is 23.8. The van der Waals surface area contributed by atoms with E-state index in [1.54, 1.807) is 7.05 Å². The summed E-state index contributed by atoms with van der Waals surface area (Å²) in [6.07, 6.45) is -7.43. The molecule has 1 aliphatic carbocycles. The first kappa shape index (κ1) is 34.4. The van der Waals surface area contributed by atoms with Crippen LogP contribution in [0, 0.1) is 0 Å². The van der Waals surface area contributed by atoms with E-state index in [1.807, 2.05) is 0 Å². The van der Waals surface area contributed by atoms with Crippen molar-refractivity contribution in [1.82, 2.24) is 16.0 Å². The first-order valence-electron chi connectivity index (χ1n) is 14.3.